The number of hydrogen-bond acceptors (Lipinski definition) is 4. The second-order valence-electron chi connectivity index (χ2n) is 5.10. The SMILES string of the molecule is CCC1CCNC(C(=O)NC(C(=O)O)c2cccs2)C1. The van der Waals surface area contributed by atoms with Crippen LogP contribution in [-0.2, 0) is 9.59 Å². The second kappa shape index (κ2) is 6.85. The van der Waals surface area contributed by atoms with Crippen molar-refractivity contribution >= 4 is 23.2 Å². The van der Waals surface area contributed by atoms with Gasteiger partial charge in [-0.15, -0.1) is 11.3 Å². The molecule has 1 aromatic rings. The molecule has 1 aliphatic heterocycles. The van der Waals surface area contributed by atoms with Crippen molar-refractivity contribution in [3.8, 4) is 0 Å². The van der Waals surface area contributed by atoms with Crippen LogP contribution in [0.15, 0.2) is 17.5 Å². The van der Waals surface area contributed by atoms with Crippen LogP contribution in [0.1, 0.15) is 37.1 Å². The summed E-state index contributed by atoms with van der Waals surface area (Å²) in [5.41, 5.74) is 0. The quantitative estimate of drug-likeness (QED) is 0.774. The summed E-state index contributed by atoms with van der Waals surface area (Å²) in [5.74, 6) is -0.704. The monoisotopic (exact) mass is 296 g/mol. The Morgan fingerprint density at radius 1 is 1.60 bits per heavy atom. The Morgan fingerprint density at radius 3 is 3.00 bits per heavy atom. The van der Waals surface area contributed by atoms with Crippen LogP contribution >= 0.6 is 11.3 Å². The first-order valence-corrected chi connectivity index (χ1v) is 7.79. The largest absolute Gasteiger partial charge is 0.479 e. The summed E-state index contributed by atoms with van der Waals surface area (Å²) < 4.78 is 0. The van der Waals surface area contributed by atoms with Crippen LogP contribution in [0.4, 0.5) is 0 Å². The summed E-state index contributed by atoms with van der Waals surface area (Å²) in [6, 6.07) is 2.28. The fourth-order valence-corrected chi connectivity index (χ4v) is 3.29. The molecule has 3 N–H and O–H groups in total. The van der Waals surface area contributed by atoms with E-state index in [1.807, 2.05) is 5.38 Å². The third-order valence-corrected chi connectivity index (χ3v) is 4.70. The fraction of sp³-hybridized carbons (Fsp3) is 0.571. The molecule has 3 atom stereocenters. The zero-order valence-corrected chi connectivity index (χ0v) is 12.3. The summed E-state index contributed by atoms with van der Waals surface area (Å²) in [6.45, 7) is 2.93. The van der Waals surface area contributed by atoms with E-state index in [1.165, 1.54) is 11.3 Å². The number of carbonyl (C=O) groups is 2. The molecule has 2 rings (SSSR count). The van der Waals surface area contributed by atoms with Gasteiger partial charge in [-0.25, -0.2) is 4.79 Å². The number of nitrogens with one attached hydrogen (secondary N) is 2. The highest BCUT2D eigenvalue weighted by Gasteiger charge is 2.30. The average molecular weight is 296 g/mol. The molecule has 6 heteroatoms. The number of carboxylic acids is 1. The number of aliphatic carboxylic acids is 1. The van der Waals surface area contributed by atoms with E-state index in [1.54, 1.807) is 12.1 Å². The highest BCUT2D eigenvalue weighted by Crippen LogP contribution is 2.22. The van der Waals surface area contributed by atoms with Crippen LogP contribution in [0.2, 0.25) is 0 Å². The highest BCUT2D eigenvalue weighted by molar-refractivity contribution is 7.10. The lowest BCUT2D eigenvalue weighted by Gasteiger charge is -2.29. The lowest BCUT2D eigenvalue weighted by molar-refractivity contribution is -0.142. The fourth-order valence-electron chi connectivity index (χ4n) is 2.52. The first-order chi connectivity index (χ1) is 9.61. The molecule has 1 aromatic heterocycles. The van der Waals surface area contributed by atoms with Crippen molar-refractivity contribution in [1.29, 1.82) is 0 Å². The minimum atomic E-state index is -1.02. The second-order valence-corrected chi connectivity index (χ2v) is 6.08. The molecule has 110 valence electrons. The maximum atomic E-state index is 12.2. The van der Waals surface area contributed by atoms with E-state index < -0.39 is 12.0 Å². The Labute approximate surface area is 122 Å². The molecular formula is C14H20N2O3S. The van der Waals surface area contributed by atoms with Gasteiger partial charge in [0.15, 0.2) is 6.04 Å². The Morgan fingerprint density at radius 2 is 2.40 bits per heavy atom. The van der Waals surface area contributed by atoms with Crippen molar-refractivity contribution in [2.75, 3.05) is 6.54 Å². The molecule has 0 aliphatic carbocycles. The Bertz CT molecular complexity index is 461. The van der Waals surface area contributed by atoms with Crippen molar-refractivity contribution < 1.29 is 14.7 Å². The van der Waals surface area contributed by atoms with Crippen molar-refractivity contribution in [3.05, 3.63) is 22.4 Å². The molecule has 0 bridgehead atoms. The van der Waals surface area contributed by atoms with Gasteiger partial charge >= 0.3 is 5.97 Å². The number of amides is 1. The molecule has 2 heterocycles. The van der Waals surface area contributed by atoms with E-state index >= 15 is 0 Å². The average Bonchev–Trinajstić information content (AvgIpc) is 2.98. The van der Waals surface area contributed by atoms with Crippen LogP contribution in [-0.4, -0.2) is 29.6 Å². The zero-order valence-electron chi connectivity index (χ0n) is 11.5. The summed E-state index contributed by atoms with van der Waals surface area (Å²) in [6.07, 6.45) is 2.91. The van der Waals surface area contributed by atoms with Gasteiger partial charge in [-0.3, -0.25) is 4.79 Å². The number of carboxylic acid groups (broad SMARTS) is 1. The van der Waals surface area contributed by atoms with Crippen molar-refractivity contribution in [2.45, 2.75) is 38.3 Å². The van der Waals surface area contributed by atoms with E-state index in [-0.39, 0.29) is 11.9 Å². The standard InChI is InChI=1S/C14H20N2O3S/c1-2-9-5-6-15-10(8-9)13(17)16-12(14(18)19)11-4-3-7-20-11/h3-4,7,9-10,12,15H,2,5-6,8H2,1H3,(H,16,17)(H,18,19). The Balaban J connectivity index is 2.00. The number of piperidine rings is 1. The molecule has 0 spiro atoms. The molecule has 20 heavy (non-hydrogen) atoms. The predicted molar refractivity (Wildman–Crippen MR) is 77.6 cm³/mol. The first kappa shape index (κ1) is 15.0. The van der Waals surface area contributed by atoms with Crippen LogP contribution in [0.3, 0.4) is 0 Å². The van der Waals surface area contributed by atoms with E-state index in [0.29, 0.717) is 10.8 Å². The maximum Gasteiger partial charge on any atom is 0.331 e. The molecule has 0 aromatic carbocycles. The van der Waals surface area contributed by atoms with Crippen molar-refractivity contribution in [3.63, 3.8) is 0 Å². The summed E-state index contributed by atoms with van der Waals surface area (Å²) in [5, 5.41) is 16.9. The van der Waals surface area contributed by atoms with Gasteiger partial charge in [0.2, 0.25) is 5.91 Å². The zero-order chi connectivity index (χ0) is 14.5. The van der Waals surface area contributed by atoms with E-state index in [0.717, 1.165) is 25.8 Å². The minimum absolute atomic E-state index is 0.219. The number of rotatable bonds is 5. The van der Waals surface area contributed by atoms with Gasteiger partial charge in [-0.05, 0) is 36.8 Å². The number of hydrogen-bond donors (Lipinski definition) is 3. The van der Waals surface area contributed by atoms with E-state index in [4.69, 9.17) is 0 Å². The van der Waals surface area contributed by atoms with Crippen LogP contribution < -0.4 is 10.6 Å². The van der Waals surface area contributed by atoms with Gasteiger partial charge in [-0.2, -0.15) is 0 Å². The summed E-state index contributed by atoms with van der Waals surface area (Å²) in [4.78, 5) is 24.2. The number of carbonyl (C=O) groups excluding carboxylic acids is 1. The molecule has 0 radical (unpaired) electrons. The summed E-state index contributed by atoms with van der Waals surface area (Å²) in [7, 11) is 0. The van der Waals surface area contributed by atoms with Crippen LogP contribution in [0, 0.1) is 5.92 Å². The first-order valence-electron chi connectivity index (χ1n) is 6.91. The van der Waals surface area contributed by atoms with E-state index in [9.17, 15) is 14.7 Å². The molecule has 1 saturated heterocycles. The van der Waals surface area contributed by atoms with Crippen LogP contribution in [0.25, 0.3) is 0 Å². The van der Waals surface area contributed by atoms with Gasteiger partial charge < -0.3 is 15.7 Å². The normalized spacial score (nSPS) is 24.1. The van der Waals surface area contributed by atoms with Gasteiger partial charge in [0.1, 0.15) is 0 Å². The molecule has 3 unspecified atom stereocenters. The third kappa shape index (κ3) is 3.58. The molecule has 1 amide bonds. The highest BCUT2D eigenvalue weighted by atomic mass is 32.1. The molecule has 0 saturated carbocycles. The van der Waals surface area contributed by atoms with Gasteiger partial charge in [0, 0.05) is 4.88 Å². The third-order valence-electron chi connectivity index (χ3n) is 3.77. The number of thiophene rings is 1. The van der Waals surface area contributed by atoms with Crippen molar-refractivity contribution in [1.82, 2.24) is 10.6 Å². The smallest absolute Gasteiger partial charge is 0.331 e. The predicted octanol–water partition coefficient (Wildman–Crippen LogP) is 1.77. The van der Waals surface area contributed by atoms with Crippen molar-refractivity contribution in [2.24, 2.45) is 5.92 Å². The lowest BCUT2D eigenvalue weighted by atomic mass is 9.90. The maximum absolute atomic E-state index is 12.2. The minimum Gasteiger partial charge on any atom is -0.479 e. The topological polar surface area (TPSA) is 78.4 Å². The summed E-state index contributed by atoms with van der Waals surface area (Å²) >= 11 is 1.34. The molecule has 1 aliphatic rings. The Kier molecular flexibility index (Phi) is 5.14. The molecular weight excluding hydrogens is 276 g/mol. The van der Waals surface area contributed by atoms with Gasteiger partial charge in [0.05, 0.1) is 6.04 Å². The van der Waals surface area contributed by atoms with Crippen LogP contribution in [0.5, 0.6) is 0 Å². The van der Waals surface area contributed by atoms with Gasteiger partial charge in [0.25, 0.3) is 0 Å². The lowest BCUT2D eigenvalue weighted by Crippen LogP contribution is -2.50. The van der Waals surface area contributed by atoms with E-state index in [2.05, 4.69) is 17.6 Å². The Hall–Kier alpha value is -1.40. The molecule has 5 nitrogen and oxygen atoms in total. The van der Waals surface area contributed by atoms with Gasteiger partial charge in [-0.1, -0.05) is 19.4 Å². The molecule has 1 fully saturated rings.